The smallest absolute Gasteiger partial charge is 0.387 e. The highest BCUT2D eigenvalue weighted by Gasteiger charge is 2.12. The molecule has 0 aliphatic heterocycles. The molecule has 8 heteroatoms. The van der Waals surface area contributed by atoms with Gasteiger partial charge in [0.15, 0.2) is 5.96 Å². The number of guanidine groups is 1. The number of nitrogens with one attached hydrogen (secondary N) is 2. The molecule has 2 rings (SSSR count). The molecule has 5 nitrogen and oxygen atoms in total. The van der Waals surface area contributed by atoms with Crippen molar-refractivity contribution < 1.29 is 18.3 Å². The maximum absolute atomic E-state index is 12.5. The molecule has 0 aromatic heterocycles. The van der Waals surface area contributed by atoms with Gasteiger partial charge in [-0.15, -0.1) is 24.0 Å². The van der Waals surface area contributed by atoms with Crippen LogP contribution in [0, 0.1) is 0 Å². The lowest BCUT2D eigenvalue weighted by atomic mass is 10.1. The Morgan fingerprint density at radius 1 is 1.04 bits per heavy atom. The molecule has 0 heterocycles. The van der Waals surface area contributed by atoms with Crippen LogP contribution in [0.3, 0.4) is 0 Å². The first-order chi connectivity index (χ1) is 13.1. The van der Waals surface area contributed by atoms with Crippen LogP contribution in [0.25, 0.3) is 0 Å². The number of methoxy groups -OCH3 is 1. The Labute approximate surface area is 181 Å². The Balaban J connectivity index is 0.00000392. The van der Waals surface area contributed by atoms with Gasteiger partial charge in [0.25, 0.3) is 0 Å². The number of alkyl halides is 2. The number of ether oxygens (including phenoxy) is 2. The van der Waals surface area contributed by atoms with Crippen molar-refractivity contribution in [1.29, 1.82) is 0 Å². The van der Waals surface area contributed by atoms with Crippen molar-refractivity contribution in [2.75, 3.05) is 20.2 Å². The molecule has 1 unspecified atom stereocenters. The van der Waals surface area contributed by atoms with Crippen LogP contribution >= 0.6 is 24.0 Å². The zero-order valence-corrected chi connectivity index (χ0v) is 18.2. The van der Waals surface area contributed by atoms with Crippen LogP contribution < -0.4 is 15.4 Å². The quantitative estimate of drug-likeness (QED) is 0.303. The number of rotatable bonds is 9. The molecule has 0 bridgehead atoms. The number of para-hydroxylation sites is 1. The van der Waals surface area contributed by atoms with E-state index >= 15 is 0 Å². The van der Waals surface area contributed by atoms with Crippen LogP contribution in [0.1, 0.15) is 24.2 Å². The normalized spacial score (nSPS) is 12.2. The summed E-state index contributed by atoms with van der Waals surface area (Å²) in [4.78, 5) is 4.47. The summed E-state index contributed by atoms with van der Waals surface area (Å²) in [5, 5.41) is 6.36. The third kappa shape index (κ3) is 7.97. The van der Waals surface area contributed by atoms with Crippen LogP contribution in [-0.2, 0) is 11.3 Å². The predicted molar refractivity (Wildman–Crippen MR) is 117 cm³/mol. The summed E-state index contributed by atoms with van der Waals surface area (Å²) in [6.07, 6.45) is -0.135. The zero-order chi connectivity index (χ0) is 19.5. The number of hydrogen-bond acceptors (Lipinski definition) is 3. The van der Waals surface area contributed by atoms with Crippen LogP contribution in [0.2, 0.25) is 0 Å². The van der Waals surface area contributed by atoms with Gasteiger partial charge in [0, 0.05) is 25.8 Å². The van der Waals surface area contributed by atoms with E-state index in [0.29, 0.717) is 24.6 Å². The Morgan fingerprint density at radius 2 is 1.71 bits per heavy atom. The number of nitrogens with zero attached hydrogens (tertiary/aromatic N) is 1. The molecule has 0 saturated heterocycles. The third-order valence-corrected chi connectivity index (χ3v) is 3.85. The lowest BCUT2D eigenvalue weighted by Gasteiger charge is -2.19. The van der Waals surface area contributed by atoms with E-state index in [-0.39, 0.29) is 42.4 Å². The van der Waals surface area contributed by atoms with Crippen LogP contribution in [-0.4, -0.2) is 32.8 Å². The van der Waals surface area contributed by atoms with Crippen LogP contribution in [0.15, 0.2) is 59.6 Å². The lowest BCUT2D eigenvalue weighted by molar-refractivity contribution is -0.0504. The van der Waals surface area contributed by atoms with E-state index in [1.54, 1.807) is 25.3 Å². The van der Waals surface area contributed by atoms with Gasteiger partial charge in [-0.05, 0) is 18.6 Å². The molecule has 1 atom stereocenters. The number of benzene rings is 2. The first kappa shape index (κ1) is 24.1. The minimum atomic E-state index is -2.87. The molecular formula is C20H26F2IN3O2. The third-order valence-electron chi connectivity index (χ3n) is 3.85. The lowest BCUT2D eigenvalue weighted by Crippen LogP contribution is -2.39. The Morgan fingerprint density at radius 3 is 2.36 bits per heavy atom. The van der Waals surface area contributed by atoms with E-state index in [2.05, 4.69) is 20.4 Å². The highest BCUT2D eigenvalue weighted by molar-refractivity contribution is 14.0. The maximum Gasteiger partial charge on any atom is 0.387 e. The zero-order valence-electron chi connectivity index (χ0n) is 15.9. The van der Waals surface area contributed by atoms with Crippen molar-refractivity contribution in [2.24, 2.45) is 4.99 Å². The fourth-order valence-electron chi connectivity index (χ4n) is 2.55. The second-order valence-corrected chi connectivity index (χ2v) is 5.70. The summed E-state index contributed by atoms with van der Waals surface area (Å²) >= 11 is 0. The summed E-state index contributed by atoms with van der Waals surface area (Å²) in [5.74, 6) is 0.702. The van der Waals surface area contributed by atoms with E-state index in [4.69, 9.17) is 4.74 Å². The van der Waals surface area contributed by atoms with E-state index in [9.17, 15) is 8.78 Å². The van der Waals surface area contributed by atoms with Gasteiger partial charge in [-0.3, -0.25) is 0 Å². The van der Waals surface area contributed by atoms with Gasteiger partial charge in [0.05, 0.1) is 12.6 Å². The largest absolute Gasteiger partial charge is 0.434 e. The maximum atomic E-state index is 12.5. The molecule has 2 N–H and O–H groups in total. The van der Waals surface area contributed by atoms with Crippen molar-refractivity contribution in [3.63, 3.8) is 0 Å². The second-order valence-electron chi connectivity index (χ2n) is 5.70. The van der Waals surface area contributed by atoms with Gasteiger partial charge in [0.2, 0.25) is 0 Å². The molecule has 28 heavy (non-hydrogen) atoms. The summed E-state index contributed by atoms with van der Waals surface area (Å²) in [6, 6.07) is 16.5. The number of aliphatic imine (C=N–C) groups is 1. The monoisotopic (exact) mass is 505 g/mol. The Kier molecular flexibility index (Phi) is 11.4. The molecule has 0 radical (unpaired) electrons. The summed E-state index contributed by atoms with van der Waals surface area (Å²) in [6.45, 7) is 0.484. The van der Waals surface area contributed by atoms with E-state index in [0.717, 1.165) is 5.56 Å². The van der Waals surface area contributed by atoms with Gasteiger partial charge in [-0.1, -0.05) is 48.5 Å². The topological polar surface area (TPSA) is 54.9 Å². The molecule has 0 aliphatic carbocycles. The summed E-state index contributed by atoms with van der Waals surface area (Å²) in [5.41, 5.74) is 1.64. The average molecular weight is 505 g/mol. The van der Waals surface area contributed by atoms with Gasteiger partial charge in [0.1, 0.15) is 5.75 Å². The summed E-state index contributed by atoms with van der Waals surface area (Å²) < 4.78 is 35.2. The van der Waals surface area contributed by atoms with Gasteiger partial charge < -0.3 is 20.1 Å². The standard InChI is InChI=1S/C20H25F2N3O2.HI/c1-3-23-20(25-14-18(26-2)15-9-5-4-6-10-15)24-13-16-11-7-8-12-17(16)27-19(21)22;/h4-12,18-19H,3,13-14H2,1-2H3,(H2,23,24,25);1H. The molecule has 0 saturated carbocycles. The van der Waals surface area contributed by atoms with E-state index < -0.39 is 6.61 Å². The first-order valence-electron chi connectivity index (χ1n) is 8.76. The fourth-order valence-corrected chi connectivity index (χ4v) is 2.55. The number of halogens is 3. The molecule has 0 aliphatic rings. The van der Waals surface area contributed by atoms with Crippen molar-refractivity contribution in [3.8, 4) is 5.75 Å². The minimum Gasteiger partial charge on any atom is -0.434 e. The summed E-state index contributed by atoms with van der Waals surface area (Å²) in [7, 11) is 1.65. The van der Waals surface area contributed by atoms with Crippen LogP contribution in [0.4, 0.5) is 8.78 Å². The van der Waals surface area contributed by atoms with Crippen molar-refractivity contribution in [3.05, 3.63) is 65.7 Å². The molecular weight excluding hydrogens is 479 g/mol. The minimum absolute atomic E-state index is 0. The van der Waals surface area contributed by atoms with Crippen molar-refractivity contribution in [2.45, 2.75) is 26.2 Å². The highest BCUT2D eigenvalue weighted by Crippen LogP contribution is 2.21. The fraction of sp³-hybridized carbons (Fsp3) is 0.350. The molecule has 0 amide bonds. The van der Waals surface area contributed by atoms with Crippen molar-refractivity contribution in [1.82, 2.24) is 10.6 Å². The Hall–Kier alpha value is -1.94. The predicted octanol–water partition coefficient (Wildman–Crippen LogP) is 4.35. The second kappa shape index (κ2) is 13.3. The molecule has 154 valence electrons. The SMILES string of the molecule is CCNC(=NCc1ccccc1OC(F)F)NCC(OC)c1ccccc1.I. The average Bonchev–Trinajstić information content (AvgIpc) is 2.68. The van der Waals surface area contributed by atoms with Gasteiger partial charge in [-0.25, -0.2) is 4.99 Å². The first-order valence-corrected chi connectivity index (χ1v) is 8.76. The molecule has 2 aromatic rings. The van der Waals surface area contributed by atoms with Gasteiger partial charge in [-0.2, -0.15) is 8.78 Å². The van der Waals surface area contributed by atoms with Crippen molar-refractivity contribution >= 4 is 29.9 Å². The van der Waals surface area contributed by atoms with E-state index in [1.165, 1.54) is 6.07 Å². The van der Waals surface area contributed by atoms with E-state index in [1.807, 2.05) is 37.3 Å². The number of hydrogen-bond donors (Lipinski definition) is 2. The molecule has 0 fully saturated rings. The molecule has 2 aromatic carbocycles. The highest BCUT2D eigenvalue weighted by atomic mass is 127. The Bertz CT molecular complexity index is 718. The van der Waals surface area contributed by atoms with Crippen LogP contribution in [0.5, 0.6) is 5.75 Å². The van der Waals surface area contributed by atoms with Gasteiger partial charge >= 0.3 is 6.61 Å². The molecule has 0 spiro atoms.